The molecule has 1 heterocycles. The van der Waals surface area contributed by atoms with E-state index in [0.29, 0.717) is 24.1 Å². The average Bonchev–Trinajstić information content (AvgIpc) is 3.02. The van der Waals surface area contributed by atoms with Gasteiger partial charge in [0.2, 0.25) is 5.91 Å². The normalized spacial score (nSPS) is 11.4. The van der Waals surface area contributed by atoms with Crippen LogP contribution in [0.25, 0.3) is 10.9 Å². The Hall–Kier alpha value is -3.08. The van der Waals surface area contributed by atoms with Gasteiger partial charge < -0.3 is 15.6 Å². The number of H-pyrrole nitrogens is 1. The predicted molar refractivity (Wildman–Crippen MR) is 109 cm³/mol. The number of amides is 2. The van der Waals surface area contributed by atoms with Gasteiger partial charge in [-0.15, -0.1) is 0 Å². The van der Waals surface area contributed by atoms with Gasteiger partial charge in [-0.1, -0.05) is 18.2 Å². The zero-order chi connectivity index (χ0) is 19.4. The van der Waals surface area contributed by atoms with E-state index in [9.17, 15) is 9.59 Å². The molecule has 3 rings (SSSR count). The summed E-state index contributed by atoms with van der Waals surface area (Å²) in [6, 6.07) is 15.0. The minimum Gasteiger partial charge on any atom is -0.361 e. The topological polar surface area (TPSA) is 74.0 Å². The quantitative estimate of drug-likeness (QED) is 0.633. The summed E-state index contributed by atoms with van der Waals surface area (Å²) in [6.45, 7) is 5.81. The molecule has 0 bridgehead atoms. The summed E-state index contributed by atoms with van der Waals surface area (Å²) in [5.74, 6) is -0.174. The van der Waals surface area contributed by atoms with Gasteiger partial charge in [0, 0.05) is 40.3 Å². The van der Waals surface area contributed by atoms with E-state index in [-0.39, 0.29) is 17.4 Å². The van der Waals surface area contributed by atoms with Crippen LogP contribution in [-0.2, 0) is 11.2 Å². The third-order valence-corrected chi connectivity index (χ3v) is 4.22. The van der Waals surface area contributed by atoms with Gasteiger partial charge >= 0.3 is 0 Å². The number of anilines is 1. The van der Waals surface area contributed by atoms with Crippen molar-refractivity contribution in [1.29, 1.82) is 0 Å². The molecule has 0 aliphatic heterocycles. The first kappa shape index (κ1) is 18.7. The van der Waals surface area contributed by atoms with E-state index in [0.717, 1.165) is 16.5 Å². The van der Waals surface area contributed by atoms with Crippen LogP contribution < -0.4 is 10.6 Å². The summed E-state index contributed by atoms with van der Waals surface area (Å²) >= 11 is 0. The number of aromatic amines is 1. The Morgan fingerprint density at radius 1 is 1.00 bits per heavy atom. The first-order valence-electron chi connectivity index (χ1n) is 9.09. The molecule has 0 saturated heterocycles. The molecule has 0 atom stereocenters. The Balaban J connectivity index is 1.55. The van der Waals surface area contributed by atoms with E-state index in [1.165, 1.54) is 0 Å². The van der Waals surface area contributed by atoms with Crippen molar-refractivity contribution >= 4 is 28.4 Å². The summed E-state index contributed by atoms with van der Waals surface area (Å²) < 4.78 is 0. The Bertz CT molecular complexity index is 950. The molecule has 2 aromatic carbocycles. The van der Waals surface area contributed by atoms with Crippen LogP contribution in [0.3, 0.4) is 0 Å². The van der Waals surface area contributed by atoms with Gasteiger partial charge in [0.1, 0.15) is 0 Å². The third kappa shape index (κ3) is 4.97. The zero-order valence-corrected chi connectivity index (χ0v) is 15.9. The highest BCUT2D eigenvalue weighted by molar-refractivity contribution is 5.96. The fourth-order valence-electron chi connectivity index (χ4n) is 2.93. The van der Waals surface area contributed by atoms with Crippen LogP contribution in [0.2, 0.25) is 0 Å². The van der Waals surface area contributed by atoms with Crippen molar-refractivity contribution in [2.75, 3.05) is 5.32 Å². The highest BCUT2D eigenvalue weighted by Gasteiger charge is 2.15. The number of aryl methyl sites for hydroxylation is 1. The number of fused-ring (bicyclic) bond motifs is 1. The Kier molecular flexibility index (Phi) is 5.31. The van der Waals surface area contributed by atoms with Crippen LogP contribution in [0, 0.1) is 0 Å². The van der Waals surface area contributed by atoms with Crippen LogP contribution >= 0.6 is 0 Å². The van der Waals surface area contributed by atoms with Crippen molar-refractivity contribution in [3.8, 4) is 0 Å². The molecular weight excluding hydrogens is 338 g/mol. The second-order valence-electron chi connectivity index (χ2n) is 7.69. The molecule has 3 N–H and O–H groups in total. The second kappa shape index (κ2) is 7.66. The van der Waals surface area contributed by atoms with Gasteiger partial charge in [-0.05, 0) is 63.1 Å². The molecule has 140 valence electrons. The number of benzene rings is 2. The summed E-state index contributed by atoms with van der Waals surface area (Å²) in [5.41, 5.74) is 3.19. The largest absolute Gasteiger partial charge is 0.361 e. The molecule has 0 aliphatic carbocycles. The summed E-state index contributed by atoms with van der Waals surface area (Å²) in [5, 5.41) is 6.96. The molecule has 5 heteroatoms. The van der Waals surface area contributed by atoms with Crippen molar-refractivity contribution in [1.82, 2.24) is 10.3 Å². The number of hydrogen-bond donors (Lipinski definition) is 3. The number of aromatic nitrogens is 1. The number of para-hydroxylation sites is 1. The van der Waals surface area contributed by atoms with Crippen LogP contribution in [0.15, 0.2) is 54.7 Å². The molecule has 0 radical (unpaired) electrons. The smallest absolute Gasteiger partial charge is 0.251 e. The minimum atomic E-state index is -0.285. The lowest BCUT2D eigenvalue weighted by atomic mass is 10.1. The van der Waals surface area contributed by atoms with E-state index >= 15 is 0 Å². The number of rotatable bonds is 5. The van der Waals surface area contributed by atoms with Gasteiger partial charge in [0.15, 0.2) is 0 Å². The molecule has 27 heavy (non-hydrogen) atoms. The van der Waals surface area contributed by atoms with E-state index in [2.05, 4.69) is 21.7 Å². The summed E-state index contributed by atoms with van der Waals surface area (Å²) in [4.78, 5) is 27.6. The van der Waals surface area contributed by atoms with Gasteiger partial charge in [-0.3, -0.25) is 9.59 Å². The minimum absolute atomic E-state index is 0.0489. The van der Waals surface area contributed by atoms with Crippen molar-refractivity contribution in [3.63, 3.8) is 0 Å². The number of carbonyl (C=O) groups excluding carboxylic acids is 2. The van der Waals surface area contributed by atoms with Crippen molar-refractivity contribution in [3.05, 3.63) is 65.9 Å². The van der Waals surface area contributed by atoms with E-state index in [4.69, 9.17) is 0 Å². The lowest BCUT2D eigenvalue weighted by Gasteiger charge is -2.20. The Morgan fingerprint density at radius 2 is 1.70 bits per heavy atom. The molecule has 3 aromatic rings. The molecule has 0 aliphatic rings. The van der Waals surface area contributed by atoms with Crippen LogP contribution in [0.4, 0.5) is 5.69 Å². The van der Waals surface area contributed by atoms with Crippen LogP contribution in [0.1, 0.15) is 43.1 Å². The van der Waals surface area contributed by atoms with Crippen LogP contribution in [0.5, 0.6) is 0 Å². The highest BCUT2D eigenvalue weighted by Crippen LogP contribution is 2.19. The highest BCUT2D eigenvalue weighted by atomic mass is 16.2. The standard InChI is InChI=1S/C22H25N3O2/c1-22(2,3)25-21(27)15-8-11-17(12-9-15)24-20(26)13-10-16-14-23-19-7-5-4-6-18(16)19/h4-9,11-12,14,23H,10,13H2,1-3H3,(H,24,26)(H,25,27). The summed E-state index contributed by atoms with van der Waals surface area (Å²) in [7, 11) is 0. The molecule has 0 saturated carbocycles. The number of nitrogens with one attached hydrogen (secondary N) is 3. The van der Waals surface area contributed by atoms with Crippen molar-refractivity contribution in [2.45, 2.75) is 39.2 Å². The third-order valence-electron chi connectivity index (χ3n) is 4.22. The van der Waals surface area contributed by atoms with E-state index in [1.54, 1.807) is 24.3 Å². The molecule has 0 unspecified atom stereocenters. The molecule has 2 amide bonds. The van der Waals surface area contributed by atoms with Gasteiger partial charge in [-0.2, -0.15) is 0 Å². The first-order valence-corrected chi connectivity index (χ1v) is 9.09. The molecular formula is C22H25N3O2. The fourth-order valence-corrected chi connectivity index (χ4v) is 2.93. The fraction of sp³-hybridized carbons (Fsp3) is 0.273. The maximum Gasteiger partial charge on any atom is 0.251 e. The molecule has 5 nitrogen and oxygen atoms in total. The van der Waals surface area contributed by atoms with Crippen LogP contribution in [-0.4, -0.2) is 22.3 Å². The second-order valence-corrected chi connectivity index (χ2v) is 7.69. The van der Waals surface area contributed by atoms with E-state index in [1.807, 2.05) is 45.2 Å². The first-order chi connectivity index (χ1) is 12.8. The summed E-state index contributed by atoms with van der Waals surface area (Å²) in [6.07, 6.45) is 3.02. The lowest BCUT2D eigenvalue weighted by molar-refractivity contribution is -0.116. The predicted octanol–water partition coefficient (Wildman–Crippen LogP) is 4.27. The molecule has 0 fully saturated rings. The Labute approximate surface area is 159 Å². The van der Waals surface area contributed by atoms with Crippen molar-refractivity contribution in [2.24, 2.45) is 0 Å². The zero-order valence-electron chi connectivity index (χ0n) is 15.9. The van der Waals surface area contributed by atoms with Crippen molar-refractivity contribution < 1.29 is 9.59 Å². The average molecular weight is 363 g/mol. The Morgan fingerprint density at radius 3 is 2.41 bits per heavy atom. The molecule has 1 aromatic heterocycles. The monoisotopic (exact) mass is 363 g/mol. The lowest BCUT2D eigenvalue weighted by Crippen LogP contribution is -2.40. The van der Waals surface area contributed by atoms with Gasteiger partial charge in [0.05, 0.1) is 0 Å². The maximum absolute atomic E-state index is 12.2. The van der Waals surface area contributed by atoms with Gasteiger partial charge in [-0.25, -0.2) is 0 Å². The maximum atomic E-state index is 12.2. The number of hydrogen-bond acceptors (Lipinski definition) is 2. The number of carbonyl (C=O) groups is 2. The van der Waals surface area contributed by atoms with E-state index < -0.39 is 0 Å². The molecule has 0 spiro atoms. The SMILES string of the molecule is CC(C)(C)NC(=O)c1ccc(NC(=O)CCc2c[nH]c3ccccc23)cc1. The van der Waals surface area contributed by atoms with Gasteiger partial charge in [0.25, 0.3) is 5.91 Å².